The Labute approximate surface area is 108 Å². The van der Waals surface area contributed by atoms with E-state index in [9.17, 15) is 0 Å². The van der Waals surface area contributed by atoms with Crippen LogP contribution in [0.2, 0.25) is 5.02 Å². The molecule has 0 saturated heterocycles. The number of hydrogen-bond acceptors (Lipinski definition) is 2. The van der Waals surface area contributed by atoms with Gasteiger partial charge in [0.25, 0.3) is 0 Å². The average molecular weight is 251 g/mol. The molecule has 0 spiro atoms. The highest BCUT2D eigenvalue weighted by Crippen LogP contribution is 2.30. The number of nitrogens with zero attached hydrogens (tertiary/aromatic N) is 1. The number of nitrogens with one attached hydrogen (secondary N) is 1. The zero-order valence-corrected chi connectivity index (χ0v) is 11.7. The summed E-state index contributed by atoms with van der Waals surface area (Å²) in [7, 11) is 0. The number of amidine groups is 1. The van der Waals surface area contributed by atoms with Crippen LogP contribution in [0.4, 0.5) is 0 Å². The quantitative estimate of drug-likeness (QED) is 0.857. The van der Waals surface area contributed by atoms with Crippen molar-refractivity contribution in [3.63, 3.8) is 0 Å². The second-order valence-electron chi connectivity index (χ2n) is 4.72. The first kappa shape index (κ1) is 12.4. The number of aliphatic imine (C=N–C) groups is 1. The highest BCUT2D eigenvalue weighted by molar-refractivity contribution is 6.32. The average Bonchev–Trinajstić information content (AvgIpc) is 2.82. The third kappa shape index (κ3) is 2.19. The molecular weight excluding hydrogens is 232 g/mol. The van der Waals surface area contributed by atoms with Gasteiger partial charge in [-0.25, -0.2) is 0 Å². The predicted octanol–water partition coefficient (Wildman–Crippen LogP) is 3.12. The van der Waals surface area contributed by atoms with E-state index < -0.39 is 0 Å². The second kappa shape index (κ2) is 4.69. The van der Waals surface area contributed by atoms with Crippen molar-refractivity contribution in [1.29, 1.82) is 0 Å². The fraction of sp³-hybridized carbons (Fsp3) is 0.500. The molecule has 0 atom stereocenters. The number of hydrogen-bond donors (Lipinski definition) is 1. The summed E-state index contributed by atoms with van der Waals surface area (Å²) >= 11 is 6.33. The van der Waals surface area contributed by atoms with E-state index in [0.29, 0.717) is 0 Å². The molecule has 2 nitrogen and oxygen atoms in total. The lowest BCUT2D eigenvalue weighted by molar-refractivity contribution is 0.951. The van der Waals surface area contributed by atoms with Crippen molar-refractivity contribution < 1.29 is 0 Å². The Balaban J connectivity index is 2.46. The van der Waals surface area contributed by atoms with Gasteiger partial charge in [-0.3, -0.25) is 4.99 Å². The first-order valence-corrected chi connectivity index (χ1v) is 6.42. The minimum absolute atomic E-state index is 0.899. The summed E-state index contributed by atoms with van der Waals surface area (Å²) in [5.41, 5.74) is 6.37. The van der Waals surface area contributed by atoms with Gasteiger partial charge in [-0.2, -0.15) is 0 Å². The number of halogens is 1. The van der Waals surface area contributed by atoms with Crippen LogP contribution >= 0.6 is 11.6 Å². The van der Waals surface area contributed by atoms with E-state index in [4.69, 9.17) is 11.6 Å². The molecule has 1 aliphatic heterocycles. The lowest BCUT2D eigenvalue weighted by Crippen LogP contribution is -2.21. The van der Waals surface area contributed by atoms with Gasteiger partial charge in [-0.1, -0.05) is 11.6 Å². The van der Waals surface area contributed by atoms with Crippen LogP contribution in [0.3, 0.4) is 0 Å². The molecule has 0 aliphatic carbocycles. The first-order chi connectivity index (χ1) is 8.02. The zero-order chi connectivity index (χ0) is 12.6. The van der Waals surface area contributed by atoms with Crippen molar-refractivity contribution in [3.8, 4) is 0 Å². The maximum absolute atomic E-state index is 6.33. The molecule has 0 radical (unpaired) electrons. The molecule has 2 rings (SSSR count). The minimum Gasteiger partial charge on any atom is -0.372 e. The van der Waals surface area contributed by atoms with Gasteiger partial charge in [0.1, 0.15) is 5.84 Å². The van der Waals surface area contributed by atoms with Crippen LogP contribution in [-0.2, 0) is 6.42 Å². The van der Waals surface area contributed by atoms with Crippen molar-refractivity contribution in [2.75, 3.05) is 13.1 Å². The Morgan fingerprint density at radius 3 is 2.12 bits per heavy atom. The molecule has 1 aromatic carbocycles. The lowest BCUT2D eigenvalue weighted by atomic mass is 9.92. The standard InChI is InChI=1S/C14H19ClN2/c1-8-10(3)14(15)11(4)9(2)12(8)7-13-16-5-6-17-13/h5-7H2,1-4H3,(H,16,17). The van der Waals surface area contributed by atoms with E-state index >= 15 is 0 Å². The van der Waals surface area contributed by atoms with Crippen LogP contribution in [0.15, 0.2) is 4.99 Å². The van der Waals surface area contributed by atoms with E-state index in [1.807, 2.05) is 0 Å². The van der Waals surface area contributed by atoms with Gasteiger partial charge in [-0.05, 0) is 55.5 Å². The number of rotatable bonds is 2. The summed E-state index contributed by atoms with van der Waals surface area (Å²) < 4.78 is 0. The highest BCUT2D eigenvalue weighted by atomic mass is 35.5. The van der Waals surface area contributed by atoms with Crippen LogP contribution < -0.4 is 5.32 Å². The van der Waals surface area contributed by atoms with Crippen LogP contribution in [0.5, 0.6) is 0 Å². The summed E-state index contributed by atoms with van der Waals surface area (Å²) in [4.78, 5) is 4.47. The second-order valence-corrected chi connectivity index (χ2v) is 5.10. The normalized spacial score (nSPS) is 14.8. The maximum Gasteiger partial charge on any atom is 0.101 e. The summed E-state index contributed by atoms with van der Waals surface area (Å²) in [6.07, 6.45) is 0.899. The van der Waals surface area contributed by atoms with Crippen molar-refractivity contribution in [2.45, 2.75) is 34.1 Å². The Bertz CT molecular complexity index is 460. The Kier molecular flexibility index (Phi) is 3.43. The van der Waals surface area contributed by atoms with E-state index in [1.54, 1.807) is 0 Å². The van der Waals surface area contributed by atoms with E-state index in [-0.39, 0.29) is 0 Å². The van der Waals surface area contributed by atoms with Crippen molar-refractivity contribution in [2.24, 2.45) is 4.99 Å². The van der Waals surface area contributed by atoms with Gasteiger partial charge in [0.05, 0.1) is 6.54 Å². The topological polar surface area (TPSA) is 24.4 Å². The van der Waals surface area contributed by atoms with Crippen LogP contribution in [0, 0.1) is 27.7 Å². The maximum atomic E-state index is 6.33. The van der Waals surface area contributed by atoms with Crippen LogP contribution in [0.25, 0.3) is 0 Å². The Hall–Kier alpha value is -1.02. The van der Waals surface area contributed by atoms with Gasteiger partial charge in [-0.15, -0.1) is 0 Å². The summed E-state index contributed by atoms with van der Waals surface area (Å²) in [5, 5.41) is 4.24. The summed E-state index contributed by atoms with van der Waals surface area (Å²) in [6.45, 7) is 10.4. The molecule has 1 aromatic rings. The van der Waals surface area contributed by atoms with E-state index in [1.165, 1.54) is 27.8 Å². The molecule has 0 unspecified atom stereocenters. The summed E-state index contributed by atoms with van der Waals surface area (Å²) in [5.74, 6) is 1.11. The molecular formula is C14H19ClN2. The Morgan fingerprint density at radius 2 is 1.65 bits per heavy atom. The van der Waals surface area contributed by atoms with Gasteiger partial charge >= 0.3 is 0 Å². The van der Waals surface area contributed by atoms with Crippen LogP contribution in [0.1, 0.15) is 27.8 Å². The first-order valence-electron chi connectivity index (χ1n) is 6.04. The predicted molar refractivity (Wildman–Crippen MR) is 74.4 cm³/mol. The van der Waals surface area contributed by atoms with Gasteiger partial charge in [0.15, 0.2) is 0 Å². The van der Waals surface area contributed by atoms with Gasteiger partial charge in [0, 0.05) is 18.0 Å². The highest BCUT2D eigenvalue weighted by Gasteiger charge is 2.16. The molecule has 1 heterocycles. The molecule has 3 heteroatoms. The minimum atomic E-state index is 0.899. The van der Waals surface area contributed by atoms with Crippen molar-refractivity contribution >= 4 is 17.4 Å². The molecule has 17 heavy (non-hydrogen) atoms. The van der Waals surface area contributed by atoms with Crippen LogP contribution in [-0.4, -0.2) is 18.9 Å². The fourth-order valence-corrected chi connectivity index (χ4v) is 2.63. The molecule has 1 N–H and O–H groups in total. The molecule has 0 amide bonds. The van der Waals surface area contributed by atoms with Gasteiger partial charge < -0.3 is 5.32 Å². The van der Waals surface area contributed by atoms with Crippen molar-refractivity contribution in [1.82, 2.24) is 5.32 Å². The molecule has 0 fully saturated rings. The third-order valence-electron chi connectivity index (χ3n) is 3.78. The number of benzene rings is 1. The monoisotopic (exact) mass is 250 g/mol. The Morgan fingerprint density at radius 1 is 1.06 bits per heavy atom. The molecule has 92 valence electrons. The van der Waals surface area contributed by atoms with E-state index in [2.05, 4.69) is 38.0 Å². The molecule has 0 saturated carbocycles. The summed E-state index contributed by atoms with van der Waals surface area (Å²) in [6, 6.07) is 0. The molecule has 0 aromatic heterocycles. The fourth-order valence-electron chi connectivity index (χ4n) is 2.34. The zero-order valence-electron chi connectivity index (χ0n) is 10.9. The SMILES string of the molecule is Cc1c(C)c(CC2=NCCN2)c(C)c(C)c1Cl. The smallest absolute Gasteiger partial charge is 0.101 e. The van der Waals surface area contributed by atoms with Gasteiger partial charge in [0.2, 0.25) is 0 Å². The lowest BCUT2D eigenvalue weighted by Gasteiger charge is -2.17. The molecule has 0 bridgehead atoms. The third-order valence-corrected chi connectivity index (χ3v) is 4.34. The molecule has 1 aliphatic rings. The van der Waals surface area contributed by atoms with E-state index in [0.717, 1.165) is 30.4 Å². The largest absolute Gasteiger partial charge is 0.372 e. The van der Waals surface area contributed by atoms with Crippen molar-refractivity contribution in [3.05, 3.63) is 32.8 Å².